The van der Waals surface area contributed by atoms with Gasteiger partial charge in [0.15, 0.2) is 5.82 Å². The molecule has 6 nitrogen and oxygen atoms in total. The van der Waals surface area contributed by atoms with Gasteiger partial charge in [-0.25, -0.2) is 9.67 Å². The summed E-state index contributed by atoms with van der Waals surface area (Å²) in [7, 11) is 0. The third-order valence-corrected chi connectivity index (χ3v) is 5.32. The normalized spacial score (nSPS) is 20.0. The highest BCUT2D eigenvalue weighted by Crippen LogP contribution is 2.24. The van der Waals surface area contributed by atoms with Crippen LogP contribution in [-0.2, 0) is 0 Å². The number of aliphatic hydroxyl groups excluding tert-OH is 1. The number of aliphatic hydroxyl groups is 1. The smallest absolute Gasteiger partial charge is 0.253 e. The first-order chi connectivity index (χ1) is 13.0. The fraction of sp³-hybridized carbons (Fsp3) is 0.350. The maximum atomic E-state index is 12.4. The molecule has 0 atom stereocenters. The molecule has 0 bridgehead atoms. The van der Waals surface area contributed by atoms with Crippen LogP contribution in [0.15, 0.2) is 36.5 Å². The number of amides is 1. The summed E-state index contributed by atoms with van der Waals surface area (Å²) >= 11 is 6.13. The molecule has 1 saturated carbocycles. The highest BCUT2D eigenvalue weighted by molar-refractivity contribution is 6.31. The number of carbonyl (C=O) groups is 1. The lowest BCUT2D eigenvalue weighted by Crippen LogP contribution is -2.38. The average Bonchev–Trinajstić information content (AvgIpc) is 2.99. The summed E-state index contributed by atoms with van der Waals surface area (Å²) < 4.78 is 1.74. The first-order valence-corrected chi connectivity index (χ1v) is 9.49. The van der Waals surface area contributed by atoms with E-state index in [4.69, 9.17) is 11.6 Å². The Balaban J connectivity index is 1.54. The van der Waals surface area contributed by atoms with Crippen molar-refractivity contribution in [3.8, 4) is 5.82 Å². The summed E-state index contributed by atoms with van der Waals surface area (Å²) in [6.45, 7) is 1.94. The Morgan fingerprint density at radius 1 is 1.22 bits per heavy atom. The number of halogens is 1. The summed E-state index contributed by atoms with van der Waals surface area (Å²) in [5.41, 5.74) is 2.28. The fourth-order valence-electron chi connectivity index (χ4n) is 3.55. The van der Waals surface area contributed by atoms with E-state index in [-0.39, 0.29) is 18.1 Å². The molecular formula is C20H21ClN4O2. The lowest BCUT2D eigenvalue weighted by Gasteiger charge is -2.26. The molecule has 1 aliphatic rings. The highest BCUT2D eigenvalue weighted by Gasteiger charge is 2.21. The van der Waals surface area contributed by atoms with Crippen molar-refractivity contribution in [2.24, 2.45) is 0 Å². The number of hydrogen-bond donors (Lipinski definition) is 2. The van der Waals surface area contributed by atoms with E-state index in [1.807, 2.05) is 25.1 Å². The number of aryl methyl sites for hydroxylation is 1. The van der Waals surface area contributed by atoms with Crippen molar-refractivity contribution in [3.05, 3.63) is 52.8 Å². The van der Waals surface area contributed by atoms with Gasteiger partial charge in [-0.2, -0.15) is 5.10 Å². The van der Waals surface area contributed by atoms with Crippen LogP contribution in [0.3, 0.4) is 0 Å². The number of nitrogens with zero attached hydrogens (tertiary/aromatic N) is 3. The number of pyridine rings is 1. The second-order valence-corrected chi connectivity index (χ2v) is 7.48. The Morgan fingerprint density at radius 2 is 2.00 bits per heavy atom. The monoisotopic (exact) mass is 384 g/mol. The SMILES string of the molecule is Cc1nn(-c2ccc(C(=O)NC3CCC(O)CC3)cn2)c2cc(Cl)ccc12. The summed E-state index contributed by atoms with van der Waals surface area (Å²) in [4.78, 5) is 16.9. The molecular weight excluding hydrogens is 364 g/mol. The summed E-state index contributed by atoms with van der Waals surface area (Å²) in [5, 5.41) is 18.8. The Hall–Kier alpha value is -2.44. The van der Waals surface area contributed by atoms with Crippen molar-refractivity contribution in [2.75, 3.05) is 0 Å². The van der Waals surface area contributed by atoms with E-state index < -0.39 is 0 Å². The molecule has 0 spiro atoms. The highest BCUT2D eigenvalue weighted by atomic mass is 35.5. The van der Waals surface area contributed by atoms with E-state index in [0.717, 1.165) is 42.3 Å². The van der Waals surface area contributed by atoms with E-state index in [9.17, 15) is 9.90 Å². The maximum Gasteiger partial charge on any atom is 0.253 e. The predicted octanol–water partition coefficient (Wildman–Crippen LogP) is 3.42. The van der Waals surface area contributed by atoms with Crippen molar-refractivity contribution in [2.45, 2.75) is 44.8 Å². The van der Waals surface area contributed by atoms with Gasteiger partial charge in [0.25, 0.3) is 5.91 Å². The van der Waals surface area contributed by atoms with Gasteiger partial charge in [0.1, 0.15) is 0 Å². The van der Waals surface area contributed by atoms with Gasteiger partial charge in [-0.15, -0.1) is 0 Å². The molecule has 0 radical (unpaired) electrons. The molecule has 0 aliphatic heterocycles. The Morgan fingerprint density at radius 3 is 2.70 bits per heavy atom. The number of rotatable bonds is 3. The minimum atomic E-state index is -0.236. The molecule has 7 heteroatoms. The first-order valence-electron chi connectivity index (χ1n) is 9.11. The molecule has 4 rings (SSSR count). The van der Waals surface area contributed by atoms with E-state index in [1.54, 1.807) is 23.0 Å². The zero-order valence-electron chi connectivity index (χ0n) is 15.0. The van der Waals surface area contributed by atoms with Gasteiger partial charge in [-0.1, -0.05) is 11.6 Å². The molecule has 0 saturated heterocycles. The van der Waals surface area contributed by atoms with Crippen LogP contribution in [0.5, 0.6) is 0 Å². The standard InChI is InChI=1S/C20H21ClN4O2/c1-12-17-8-3-14(21)10-18(17)25(24-12)19-9-2-13(11-22-19)20(27)23-15-4-6-16(26)7-5-15/h2-3,8-11,15-16,26H,4-7H2,1H3,(H,23,27). The fourth-order valence-corrected chi connectivity index (χ4v) is 3.72. The minimum absolute atomic E-state index is 0.112. The second kappa shape index (κ2) is 7.29. The lowest BCUT2D eigenvalue weighted by atomic mass is 9.93. The van der Waals surface area contributed by atoms with E-state index in [1.165, 1.54) is 0 Å². The Kier molecular flexibility index (Phi) is 4.85. The van der Waals surface area contributed by atoms with E-state index in [2.05, 4.69) is 15.4 Å². The largest absolute Gasteiger partial charge is 0.393 e. The third-order valence-electron chi connectivity index (χ3n) is 5.09. The topological polar surface area (TPSA) is 80.0 Å². The second-order valence-electron chi connectivity index (χ2n) is 7.04. The van der Waals surface area contributed by atoms with Crippen molar-refractivity contribution in [1.82, 2.24) is 20.1 Å². The molecule has 1 aromatic carbocycles. The van der Waals surface area contributed by atoms with Gasteiger partial charge in [0.2, 0.25) is 0 Å². The third kappa shape index (κ3) is 3.68. The minimum Gasteiger partial charge on any atom is -0.393 e. The van der Waals surface area contributed by atoms with Gasteiger partial charge < -0.3 is 10.4 Å². The first kappa shape index (κ1) is 17.9. The van der Waals surface area contributed by atoms with E-state index >= 15 is 0 Å². The zero-order chi connectivity index (χ0) is 19.0. The lowest BCUT2D eigenvalue weighted by molar-refractivity contribution is 0.0867. The van der Waals surface area contributed by atoms with Crippen LogP contribution in [0, 0.1) is 6.92 Å². The van der Waals surface area contributed by atoms with Gasteiger partial charge in [0, 0.05) is 22.6 Å². The zero-order valence-corrected chi connectivity index (χ0v) is 15.8. The van der Waals surface area contributed by atoms with Crippen LogP contribution in [-0.4, -0.2) is 37.9 Å². The Labute approximate surface area is 162 Å². The molecule has 27 heavy (non-hydrogen) atoms. The molecule has 1 aliphatic carbocycles. The summed E-state index contributed by atoms with van der Waals surface area (Å²) in [5.74, 6) is 0.493. The van der Waals surface area contributed by atoms with Crippen molar-refractivity contribution in [3.63, 3.8) is 0 Å². The summed E-state index contributed by atoms with van der Waals surface area (Å²) in [6, 6.07) is 9.29. The molecule has 3 aromatic rings. The van der Waals surface area contributed by atoms with Crippen molar-refractivity contribution < 1.29 is 9.90 Å². The van der Waals surface area contributed by atoms with Gasteiger partial charge in [0.05, 0.1) is 22.9 Å². The number of carbonyl (C=O) groups excluding carboxylic acids is 1. The van der Waals surface area contributed by atoms with Crippen LogP contribution < -0.4 is 5.32 Å². The van der Waals surface area contributed by atoms with Crippen LogP contribution in [0.25, 0.3) is 16.7 Å². The Bertz CT molecular complexity index is 976. The summed E-state index contributed by atoms with van der Waals surface area (Å²) in [6.07, 6.45) is 4.40. The molecule has 1 amide bonds. The molecule has 1 fully saturated rings. The quantitative estimate of drug-likeness (QED) is 0.725. The molecule has 0 unspecified atom stereocenters. The number of benzene rings is 1. The number of hydrogen-bond acceptors (Lipinski definition) is 4. The molecule has 2 heterocycles. The van der Waals surface area contributed by atoms with Gasteiger partial charge >= 0.3 is 0 Å². The predicted molar refractivity (Wildman–Crippen MR) is 104 cm³/mol. The van der Waals surface area contributed by atoms with Crippen LogP contribution in [0.1, 0.15) is 41.7 Å². The van der Waals surface area contributed by atoms with Crippen molar-refractivity contribution in [1.29, 1.82) is 0 Å². The van der Waals surface area contributed by atoms with Gasteiger partial charge in [-0.3, -0.25) is 4.79 Å². The van der Waals surface area contributed by atoms with Crippen LogP contribution in [0.4, 0.5) is 0 Å². The molecule has 140 valence electrons. The molecule has 2 N–H and O–H groups in total. The van der Waals surface area contributed by atoms with E-state index in [0.29, 0.717) is 16.4 Å². The maximum absolute atomic E-state index is 12.4. The number of fused-ring (bicyclic) bond motifs is 1. The van der Waals surface area contributed by atoms with Crippen molar-refractivity contribution >= 4 is 28.4 Å². The number of nitrogens with one attached hydrogen (secondary N) is 1. The van der Waals surface area contributed by atoms with Crippen LogP contribution in [0.2, 0.25) is 5.02 Å². The van der Waals surface area contributed by atoms with Crippen LogP contribution >= 0.6 is 11.6 Å². The average molecular weight is 385 g/mol. The molecule has 2 aromatic heterocycles. The van der Waals surface area contributed by atoms with Gasteiger partial charge in [-0.05, 0) is 62.9 Å². The number of aromatic nitrogens is 3.